The minimum Gasteiger partial charge on any atom is -0.378 e. The molecule has 0 aliphatic carbocycles. The zero-order valence-electron chi connectivity index (χ0n) is 11.6. The van der Waals surface area contributed by atoms with Crippen LogP contribution in [0.4, 0.5) is 0 Å². The van der Waals surface area contributed by atoms with Crippen molar-refractivity contribution < 1.29 is 9.53 Å². The predicted octanol–water partition coefficient (Wildman–Crippen LogP) is 2.40. The molecular weight excluding hydrogens is 258 g/mol. The molecule has 2 rings (SSSR count). The number of hydrogen-bond acceptors (Lipinski definition) is 3. The molecule has 0 saturated carbocycles. The van der Waals surface area contributed by atoms with Gasteiger partial charge in [-0.05, 0) is 25.0 Å². The molecule has 1 amide bonds. The van der Waals surface area contributed by atoms with E-state index in [1.54, 1.807) is 11.8 Å². The molecule has 0 atom stereocenters. The molecule has 1 aliphatic rings. The highest BCUT2D eigenvalue weighted by atomic mass is 32.2. The van der Waals surface area contributed by atoms with Gasteiger partial charge in [-0.3, -0.25) is 4.79 Å². The van der Waals surface area contributed by atoms with E-state index in [0.29, 0.717) is 19.0 Å². The van der Waals surface area contributed by atoms with Gasteiger partial charge in [0.2, 0.25) is 5.91 Å². The molecule has 0 unspecified atom stereocenters. The Kier molecular flexibility index (Phi) is 5.28. The number of aryl methyl sites for hydroxylation is 2. The van der Waals surface area contributed by atoms with Crippen molar-refractivity contribution in [1.29, 1.82) is 0 Å². The first-order valence-corrected chi connectivity index (χ1v) is 7.81. The zero-order chi connectivity index (χ0) is 13.7. The smallest absolute Gasteiger partial charge is 0.232 e. The summed E-state index contributed by atoms with van der Waals surface area (Å²) >= 11 is 1.70. The molecule has 1 fully saturated rings. The first-order valence-electron chi connectivity index (χ1n) is 6.66. The average Bonchev–Trinajstić information content (AvgIpc) is 2.43. The summed E-state index contributed by atoms with van der Waals surface area (Å²) in [7, 11) is 0. The number of nitrogens with zero attached hydrogens (tertiary/aromatic N) is 1. The van der Waals surface area contributed by atoms with Gasteiger partial charge >= 0.3 is 0 Å². The van der Waals surface area contributed by atoms with Crippen molar-refractivity contribution in [1.82, 2.24) is 4.90 Å². The Labute approximate surface area is 119 Å². The van der Waals surface area contributed by atoms with Crippen LogP contribution in [0.25, 0.3) is 0 Å². The molecule has 1 saturated heterocycles. The van der Waals surface area contributed by atoms with Gasteiger partial charge < -0.3 is 9.64 Å². The lowest BCUT2D eigenvalue weighted by atomic mass is 10.1. The van der Waals surface area contributed by atoms with Crippen molar-refractivity contribution in [2.45, 2.75) is 19.6 Å². The van der Waals surface area contributed by atoms with Crippen LogP contribution < -0.4 is 0 Å². The van der Waals surface area contributed by atoms with Crippen molar-refractivity contribution in [3.05, 3.63) is 34.9 Å². The Morgan fingerprint density at radius 2 is 2.05 bits per heavy atom. The molecule has 0 spiro atoms. The summed E-state index contributed by atoms with van der Waals surface area (Å²) in [5.74, 6) is 1.70. The summed E-state index contributed by atoms with van der Waals surface area (Å²) in [6.45, 7) is 7.05. The summed E-state index contributed by atoms with van der Waals surface area (Å²) < 4.78 is 5.25. The monoisotopic (exact) mass is 279 g/mol. The van der Waals surface area contributed by atoms with Crippen LogP contribution in [0.15, 0.2) is 18.2 Å². The van der Waals surface area contributed by atoms with Crippen molar-refractivity contribution >= 4 is 17.7 Å². The number of carbonyl (C=O) groups excluding carboxylic acids is 1. The van der Waals surface area contributed by atoms with Crippen molar-refractivity contribution in [2.75, 3.05) is 32.1 Å². The molecule has 1 aliphatic heterocycles. The maximum Gasteiger partial charge on any atom is 0.232 e. The van der Waals surface area contributed by atoms with Crippen molar-refractivity contribution in [2.24, 2.45) is 0 Å². The third-order valence-electron chi connectivity index (χ3n) is 3.35. The maximum absolute atomic E-state index is 12.0. The van der Waals surface area contributed by atoms with Gasteiger partial charge in [-0.2, -0.15) is 0 Å². The topological polar surface area (TPSA) is 29.5 Å². The van der Waals surface area contributed by atoms with Gasteiger partial charge in [0.15, 0.2) is 0 Å². The molecule has 1 aromatic rings. The Morgan fingerprint density at radius 1 is 1.32 bits per heavy atom. The van der Waals surface area contributed by atoms with E-state index in [4.69, 9.17) is 4.74 Å². The van der Waals surface area contributed by atoms with Crippen LogP contribution in [0.3, 0.4) is 0 Å². The van der Waals surface area contributed by atoms with Crippen LogP contribution in [0.2, 0.25) is 0 Å². The Hall–Kier alpha value is -1.00. The number of ether oxygens (including phenoxy) is 1. The Morgan fingerprint density at radius 3 is 2.79 bits per heavy atom. The summed E-state index contributed by atoms with van der Waals surface area (Å²) in [6.07, 6.45) is 0. The molecule has 19 heavy (non-hydrogen) atoms. The van der Waals surface area contributed by atoms with E-state index in [9.17, 15) is 4.79 Å². The van der Waals surface area contributed by atoms with E-state index in [1.165, 1.54) is 16.7 Å². The highest BCUT2D eigenvalue weighted by Gasteiger charge is 2.16. The first-order chi connectivity index (χ1) is 9.16. The first kappa shape index (κ1) is 14.4. The van der Waals surface area contributed by atoms with Crippen molar-refractivity contribution in [3.8, 4) is 0 Å². The van der Waals surface area contributed by atoms with Crippen molar-refractivity contribution in [3.63, 3.8) is 0 Å². The number of morpholine rings is 1. The third kappa shape index (κ3) is 4.25. The molecule has 1 aromatic carbocycles. The van der Waals surface area contributed by atoms with Gasteiger partial charge in [-0.25, -0.2) is 0 Å². The van der Waals surface area contributed by atoms with E-state index < -0.39 is 0 Å². The second-order valence-electron chi connectivity index (χ2n) is 4.92. The van der Waals surface area contributed by atoms with Gasteiger partial charge in [0.1, 0.15) is 0 Å². The quantitative estimate of drug-likeness (QED) is 0.847. The Balaban J connectivity index is 1.79. The van der Waals surface area contributed by atoms with E-state index in [1.807, 2.05) is 4.90 Å². The largest absolute Gasteiger partial charge is 0.378 e. The molecule has 3 nitrogen and oxygen atoms in total. The molecule has 0 aromatic heterocycles. The molecule has 4 heteroatoms. The van der Waals surface area contributed by atoms with E-state index in [0.717, 1.165) is 18.8 Å². The number of benzene rings is 1. The van der Waals surface area contributed by atoms with Gasteiger partial charge in [-0.15, -0.1) is 11.8 Å². The van der Waals surface area contributed by atoms with Gasteiger partial charge in [0, 0.05) is 18.8 Å². The lowest BCUT2D eigenvalue weighted by Gasteiger charge is -2.26. The SMILES string of the molecule is Cc1ccc(C)c(CSCC(=O)N2CCOCC2)c1. The van der Waals surface area contributed by atoms with Gasteiger partial charge in [0.05, 0.1) is 19.0 Å². The fourth-order valence-electron chi connectivity index (χ4n) is 2.11. The highest BCUT2D eigenvalue weighted by Crippen LogP contribution is 2.18. The zero-order valence-corrected chi connectivity index (χ0v) is 12.5. The standard InChI is InChI=1S/C15H21NO2S/c1-12-3-4-13(2)14(9-12)10-19-11-15(17)16-5-7-18-8-6-16/h3-4,9H,5-8,10-11H2,1-2H3. The molecular formula is C15H21NO2S. The van der Waals surface area contributed by atoms with Crippen LogP contribution in [-0.2, 0) is 15.3 Å². The molecule has 1 heterocycles. The normalized spacial score (nSPS) is 15.6. The summed E-state index contributed by atoms with van der Waals surface area (Å²) in [6, 6.07) is 6.49. The minimum absolute atomic E-state index is 0.235. The number of carbonyl (C=O) groups is 1. The van der Waals surface area contributed by atoms with E-state index >= 15 is 0 Å². The molecule has 0 radical (unpaired) electrons. The second kappa shape index (κ2) is 6.96. The fourth-order valence-corrected chi connectivity index (χ4v) is 3.10. The molecule has 0 bridgehead atoms. The third-order valence-corrected chi connectivity index (χ3v) is 4.32. The van der Waals surface area contributed by atoms with E-state index in [-0.39, 0.29) is 5.91 Å². The number of rotatable bonds is 4. The molecule has 104 valence electrons. The predicted molar refractivity (Wildman–Crippen MR) is 79.5 cm³/mol. The van der Waals surface area contributed by atoms with Crippen LogP contribution in [0, 0.1) is 13.8 Å². The van der Waals surface area contributed by atoms with Crippen LogP contribution in [0.1, 0.15) is 16.7 Å². The highest BCUT2D eigenvalue weighted by molar-refractivity contribution is 7.99. The summed E-state index contributed by atoms with van der Waals surface area (Å²) in [4.78, 5) is 13.9. The summed E-state index contributed by atoms with van der Waals surface area (Å²) in [5, 5.41) is 0. The average molecular weight is 279 g/mol. The van der Waals surface area contributed by atoms with Gasteiger partial charge in [-0.1, -0.05) is 23.8 Å². The maximum atomic E-state index is 12.0. The lowest BCUT2D eigenvalue weighted by Crippen LogP contribution is -2.41. The van der Waals surface area contributed by atoms with Crippen LogP contribution >= 0.6 is 11.8 Å². The number of hydrogen-bond donors (Lipinski definition) is 0. The summed E-state index contributed by atoms with van der Waals surface area (Å²) in [5.41, 5.74) is 3.91. The number of amides is 1. The molecule has 0 N–H and O–H groups in total. The Bertz CT molecular complexity index is 442. The minimum atomic E-state index is 0.235. The lowest BCUT2D eigenvalue weighted by molar-refractivity contribution is -0.132. The van der Waals surface area contributed by atoms with Gasteiger partial charge in [0.25, 0.3) is 0 Å². The van der Waals surface area contributed by atoms with Crippen LogP contribution in [-0.4, -0.2) is 42.9 Å². The second-order valence-corrected chi connectivity index (χ2v) is 5.90. The van der Waals surface area contributed by atoms with Crippen LogP contribution in [0.5, 0.6) is 0 Å². The fraction of sp³-hybridized carbons (Fsp3) is 0.533. The number of thioether (sulfide) groups is 1. The van der Waals surface area contributed by atoms with E-state index in [2.05, 4.69) is 32.0 Å².